The molecule has 1 aromatic carbocycles. The minimum atomic E-state index is -0.0606. The van der Waals surface area contributed by atoms with Gasteiger partial charge in [0.15, 0.2) is 0 Å². The topological polar surface area (TPSA) is 50.9 Å². The molecule has 0 saturated carbocycles. The molecule has 0 radical (unpaired) electrons. The molecule has 0 fully saturated rings. The number of pyridine rings is 1. The standard InChI is InChI=1S/C18H19N3O/c1-12-4-5-17(15-6-7-19-16(10-15)11-22)18(8-12)21-14(3)9-13(2)20-21/h4-10,22H,11H2,1-3H3. The van der Waals surface area contributed by atoms with Crippen LogP contribution in [0.2, 0.25) is 0 Å². The van der Waals surface area contributed by atoms with Crippen molar-refractivity contribution in [3.8, 4) is 16.8 Å². The molecule has 0 unspecified atom stereocenters. The Morgan fingerprint density at radius 3 is 2.55 bits per heavy atom. The first kappa shape index (κ1) is 14.5. The fourth-order valence-corrected chi connectivity index (χ4v) is 2.67. The third-order valence-electron chi connectivity index (χ3n) is 3.68. The summed E-state index contributed by atoms with van der Waals surface area (Å²) in [6.07, 6.45) is 1.73. The lowest BCUT2D eigenvalue weighted by Gasteiger charge is -2.13. The van der Waals surface area contributed by atoms with Crippen molar-refractivity contribution >= 4 is 0 Å². The number of hydrogen-bond acceptors (Lipinski definition) is 3. The lowest BCUT2D eigenvalue weighted by atomic mass is 10.0. The number of aromatic nitrogens is 3. The zero-order valence-electron chi connectivity index (χ0n) is 13.0. The fraction of sp³-hybridized carbons (Fsp3) is 0.222. The van der Waals surface area contributed by atoms with E-state index in [0.29, 0.717) is 5.69 Å². The van der Waals surface area contributed by atoms with E-state index in [1.165, 1.54) is 5.56 Å². The summed E-state index contributed by atoms with van der Waals surface area (Å²) in [4.78, 5) is 4.15. The van der Waals surface area contributed by atoms with Gasteiger partial charge in [-0.25, -0.2) is 4.68 Å². The predicted molar refractivity (Wildman–Crippen MR) is 86.9 cm³/mol. The second-order valence-corrected chi connectivity index (χ2v) is 5.55. The highest BCUT2D eigenvalue weighted by Gasteiger charge is 2.11. The highest BCUT2D eigenvalue weighted by Crippen LogP contribution is 2.28. The van der Waals surface area contributed by atoms with E-state index in [1.54, 1.807) is 6.20 Å². The number of aliphatic hydroxyl groups is 1. The minimum absolute atomic E-state index is 0.0606. The molecule has 3 aromatic rings. The molecule has 2 aromatic heterocycles. The Balaban J connectivity index is 2.22. The molecule has 4 heteroatoms. The molecule has 0 aliphatic heterocycles. The first-order chi connectivity index (χ1) is 10.6. The van der Waals surface area contributed by atoms with E-state index in [0.717, 1.165) is 28.2 Å². The van der Waals surface area contributed by atoms with E-state index >= 15 is 0 Å². The molecular formula is C18H19N3O. The van der Waals surface area contributed by atoms with Crippen LogP contribution in [0.25, 0.3) is 16.8 Å². The molecule has 112 valence electrons. The van der Waals surface area contributed by atoms with Crippen LogP contribution in [-0.2, 0) is 6.61 Å². The van der Waals surface area contributed by atoms with Crippen LogP contribution >= 0.6 is 0 Å². The van der Waals surface area contributed by atoms with Crippen molar-refractivity contribution < 1.29 is 5.11 Å². The Bertz CT molecular complexity index is 821. The molecule has 1 N–H and O–H groups in total. The summed E-state index contributed by atoms with van der Waals surface area (Å²) >= 11 is 0. The molecule has 22 heavy (non-hydrogen) atoms. The number of aliphatic hydroxyl groups excluding tert-OH is 1. The predicted octanol–water partition coefficient (Wildman–Crippen LogP) is 3.35. The monoisotopic (exact) mass is 293 g/mol. The molecule has 2 heterocycles. The van der Waals surface area contributed by atoms with Crippen molar-refractivity contribution in [3.05, 3.63) is 65.2 Å². The average Bonchev–Trinajstić information content (AvgIpc) is 2.85. The van der Waals surface area contributed by atoms with Gasteiger partial charge in [-0.3, -0.25) is 4.98 Å². The van der Waals surface area contributed by atoms with Gasteiger partial charge < -0.3 is 5.11 Å². The summed E-state index contributed by atoms with van der Waals surface area (Å²) in [7, 11) is 0. The highest BCUT2D eigenvalue weighted by molar-refractivity contribution is 5.73. The smallest absolute Gasteiger partial charge is 0.0853 e. The molecule has 0 atom stereocenters. The molecule has 0 aliphatic carbocycles. The van der Waals surface area contributed by atoms with Gasteiger partial charge in [-0.2, -0.15) is 5.10 Å². The van der Waals surface area contributed by atoms with Gasteiger partial charge in [0, 0.05) is 17.5 Å². The minimum Gasteiger partial charge on any atom is -0.390 e. The third kappa shape index (κ3) is 2.65. The number of rotatable bonds is 3. The molecule has 0 amide bonds. The van der Waals surface area contributed by atoms with Crippen molar-refractivity contribution in [1.82, 2.24) is 14.8 Å². The molecule has 3 rings (SSSR count). The van der Waals surface area contributed by atoms with E-state index in [1.807, 2.05) is 23.7 Å². The SMILES string of the molecule is Cc1ccc(-c2ccnc(CO)c2)c(-n2nc(C)cc2C)c1. The molecule has 4 nitrogen and oxygen atoms in total. The van der Waals surface area contributed by atoms with Gasteiger partial charge >= 0.3 is 0 Å². The average molecular weight is 293 g/mol. The Kier molecular flexibility index (Phi) is 3.77. The van der Waals surface area contributed by atoms with Crippen LogP contribution < -0.4 is 0 Å². The van der Waals surface area contributed by atoms with Crippen molar-refractivity contribution in [3.63, 3.8) is 0 Å². The summed E-state index contributed by atoms with van der Waals surface area (Å²) in [5.74, 6) is 0. The summed E-state index contributed by atoms with van der Waals surface area (Å²) < 4.78 is 1.97. The van der Waals surface area contributed by atoms with Crippen LogP contribution in [0.5, 0.6) is 0 Å². The third-order valence-corrected chi connectivity index (χ3v) is 3.68. The van der Waals surface area contributed by atoms with Gasteiger partial charge in [-0.15, -0.1) is 0 Å². The van der Waals surface area contributed by atoms with E-state index in [4.69, 9.17) is 0 Å². The van der Waals surface area contributed by atoms with Crippen LogP contribution in [0.15, 0.2) is 42.6 Å². The quantitative estimate of drug-likeness (QED) is 0.805. The second-order valence-electron chi connectivity index (χ2n) is 5.55. The van der Waals surface area contributed by atoms with Crippen molar-refractivity contribution in [2.75, 3.05) is 0 Å². The van der Waals surface area contributed by atoms with E-state index in [9.17, 15) is 5.11 Å². The summed E-state index contributed by atoms with van der Waals surface area (Å²) in [6, 6.07) is 12.3. The maximum absolute atomic E-state index is 9.31. The van der Waals surface area contributed by atoms with Crippen molar-refractivity contribution in [1.29, 1.82) is 0 Å². The highest BCUT2D eigenvalue weighted by atomic mass is 16.3. The maximum Gasteiger partial charge on any atom is 0.0853 e. The Hall–Kier alpha value is -2.46. The van der Waals surface area contributed by atoms with Gasteiger partial charge in [0.05, 0.1) is 23.7 Å². The van der Waals surface area contributed by atoms with Gasteiger partial charge in [-0.05, 0) is 56.2 Å². The summed E-state index contributed by atoms with van der Waals surface area (Å²) in [5.41, 5.74) is 7.09. The molecule has 0 saturated heterocycles. The lowest BCUT2D eigenvalue weighted by molar-refractivity contribution is 0.277. The van der Waals surface area contributed by atoms with Gasteiger partial charge in [0.25, 0.3) is 0 Å². The number of nitrogens with zero attached hydrogens (tertiary/aromatic N) is 3. The zero-order valence-corrected chi connectivity index (χ0v) is 13.0. The molecule has 0 bridgehead atoms. The van der Waals surface area contributed by atoms with Gasteiger partial charge in [0.2, 0.25) is 0 Å². The van der Waals surface area contributed by atoms with Crippen LogP contribution in [0, 0.1) is 20.8 Å². The van der Waals surface area contributed by atoms with Crippen molar-refractivity contribution in [2.24, 2.45) is 0 Å². The normalized spacial score (nSPS) is 10.9. The van der Waals surface area contributed by atoms with Crippen LogP contribution in [0.4, 0.5) is 0 Å². The molecular weight excluding hydrogens is 274 g/mol. The van der Waals surface area contributed by atoms with Crippen LogP contribution in [0.1, 0.15) is 22.6 Å². The number of benzene rings is 1. The first-order valence-corrected chi connectivity index (χ1v) is 7.29. The number of hydrogen-bond donors (Lipinski definition) is 1. The molecule has 0 spiro atoms. The van der Waals surface area contributed by atoms with Crippen LogP contribution in [-0.4, -0.2) is 19.9 Å². The summed E-state index contributed by atoms with van der Waals surface area (Å²) in [6.45, 7) is 6.06. The first-order valence-electron chi connectivity index (χ1n) is 7.29. The zero-order chi connectivity index (χ0) is 15.7. The van der Waals surface area contributed by atoms with Crippen LogP contribution in [0.3, 0.4) is 0 Å². The lowest BCUT2D eigenvalue weighted by Crippen LogP contribution is -2.02. The second kappa shape index (κ2) is 5.73. The summed E-state index contributed by atoms with van der Waals surface area (Å²) in [5, 5.41) is 13.9. The van der Waals surface area contributed by atoms with Gasteiger partial charge in [0.1, 0.15) is 0 Å². The Morgan fingerprint density at radius 2 is 1.86 bits per heavy atom. The fourth-order valence-electron chi connectivity index (χ4n) is 2.67. The largest absolute Gasteiger partial charge is 0.390 e. The Labute approximate surface area is 130 Å². The molecule has 0 aliphatic rings. The number of aryl methyl sites for hydroxylation is 3. The van der Waals surface area contributed by atoms with Crippen molar-refractivity contribution in [2.45, 2.75) is 27.4 Å². The van der Waals surface area contributed by atoms with E-state index < -0.39 is 0 Å². The Morgan fingerprint density at radius 1 is 1.05 bits per heavy atom. The van der Waals surface area contributed by atoms with E-state index in [-0.39, 0.29) is 6.61 Å². The maximum atomic E-state index is 9.31. The van der Waals surface area contributed by atoms with Gasteiger partial charge in [-0.1, -0.05) is 12.1 Å². The van der Waals surface area contributed by atoms with E-state index in [2.05, 4.69) is 48.2 Å².